The highest BCUT2D eigenvalue weighted by Crippen LogP contribution is 2.01. The Morgan fingerprint density at radius 2 is 1.14 bits per heavy atom. The molecule has 0 fully saturated rings. The van der Waals surface area contributed by atoms with Crippen LogP contribution in [0.3, 0.4) is 0 Å². The van der Waals surface area contributed by atoms with Crippen molar-refractivity contribution in [3.05, 3.63) is 9.81 Å². The summed E-state index contributed by atoms with van der Waals surface area (Å²) in [5.41, 5.74) is 3.59. The highest BCUT2D eigenvalue weighted by molar-refractivity contribution is 6.18. The number of carbonyl (C=O) groups is 2. The number of nitrogens with zero attached hydrogens (tertiary/aromatic N) is 4. The molecule has 4 amide bonds. The van der Waals surface area contributed by atoms with Gasteiger partial charge in [0.25, 0.3) is 0 Å². The standard InChI is InChI=1S/C10H18Cl2N6O4/c11-3-7-17(9(19)13-15-21)5-1-2-6-18(8-4-12)10(20)14-16-22/h1-8H2,(H,13,19,21)(H,14,20,22). The van der Waals surface area contributed by atoms with Crippen LogP contribution in [-0.2, 0) is 0 Å². The predicted octanol–water partition coefficient (Wildman–Crippen LogP) is 1.63. The van der Waals surface area contributed by atoms with Gasteiger partial charge in [-0.2, -0.15) is 10.9 Å². The molecule has 0 unspecified atom stereocenters. The van der Waals surface area contributed by atoms with Gasteiger partial charge in [0.2, 0.25) is 0 Å². The number of nitroso groups, excluding NO2 is 2. The van der Waals surface area contributed by atoms with Crippen molar-refractivity contribution in [2.75, 3.05) is 37.9 Å². The van der Waals surface area contributed by atoms with E-state index in [9.17, 15) is 19.4 Å². The Bertz CT molecular complexity index is 339. The molecule has 0 aliphatic heterocycles. The van der Waals surface area contributed by atoms with Crippen LogP contribution in [0.5, 0.6) is 0 Å². The third kappa shape index (κ3) is 8.57. The number of nitrogens with one attached hydrogen (secondary N) is 2. The number of rotatable bonds is 11. The van der Waals surface area contributed by atoms with Crippen LogP contribution in [0.15, 0.2) is 10.6 Å². The minimum atomic E-state index is -0.629. The monoisotopic (exact) mass is 356 g/mol. The van der Waals surface area contributed by atoms with E-state index in [1.54, 1.807) is 10.9 Å². The van der Waals surface area contributed by atoms with Crippen LogP contribution < -0.4 is 10.9 Å². The summed E-state index contributed by atoms with van der Waals surface area (Å²) in [4.78, 5) is 45.7. The minimum Gasteiger partial charge on any atom is -0.322 e. The van der Waals surface area contributed by atoms with Gasteiger partial charge in [0.15, 0.2) is 0 Å². The van der Waals surface area contributed by atoms with E-state index >= 15 is 0 Å². The first-order valence-corrected chi connectivity index (χ1v) is 7.54. The average molecular weight is 357 g/mol. The van der Waals surface area contributed by atoms with Crippen molar-refractivity contribution in [2.45, 2.75) is 12.8 Å². The van der Waals surface area contributed by atoms with Crippen molar-refractivity contribution in [3.8, 4) is 0 Å². The predicted molar refractivity (Wildman–Crippen MR) is 82.5 cm³/mol. The molecular formula is C10H18Cl2N6O4. The second-order valence-electron chi connectivity index (χ2n) is 4.08. The van der Waals surface area contributed by atoms with E-state index in [1.807, 2.05) is 0 Å². The van der Waals surface area contributed by atoms with Gasteiger partial charge in [-0.15, -0.1) is 33.0 Å². The fraction of sp³-hybridized carbons (Fsp3) is 0.800. The van der Waals surface area contributed by atoms with Gasteiger partial charge < -0.3 is 9.80 Å². The minimum absolute atomic E-state index is 0.220. The zero-order valence-electron chi connectivity index (χ0n) is 11.8. The molecule has 22 heavy (non-hydrogen) atoms. The summed E-state index contributed by atoms with van der Waals surface area (Å²) in [5.74, 6) is 0.441. The van der Waals surface area contributed by atoms with Gasteiger partial charge in [-0.1, -0.05) is 0 Å². The third-order valence-electron chi connectivity index (χ3n) is 2.67. The molecular weight excluding hydrogens is 339 g/mol. The van der Waals surface area contributed by atoms with Crippen molar-refractivity contribution in [1.82, 2.24) is 20.7 Å². The summed E-state index contributed by atoms with van der Waals surface area (Å²) in [6, 6.07) is -1.26. The van der Waals surface area contributed by atoms with E-state index in [-0.39, 0.29) is 24.8 Å². The number of amides is 4. The molecule has 12 heteroatoms. The van der Waals surface area contributed by atoms with Crippen LogP contribution in [0.4, 0.5) is 9.59 Å². The highest BCUT2D eigenvalue weighted by atomic mass is 35.5. The lowest BCUT2D eigenvalue weighted by atomic mass is 10.2. The second-order valence-corrected chi connectivity index (χ2v) is 4.83. The maximum absolute atomic E-state index is 11.5. The first-order chi connectivity index (χ1) is 10.6. The Morgan fingerprint density at radius 1 is 0.773 bits per heavy atom. The van der Waals surface area contributed by atoms with Crippen LogP contribution in [0.2, 0.25) is 0 Å². The van der Waals surface area contributed by atoms with Crippen molar-refractivity contribution < 1.29 is 9.59 Å². The lowest BCUT2D eigenvalue weighted by Gasteiger charge is -2.22. The second kappa shape index (κ2) is 13.0. The molecule has 0 atom stereocenters. The molecule has 0 aromatic rings. The highest BCUT2D eigenvalue weighted by Gasteiger charge is 2.14. The zero-order chi connectivity index (χ0) is 16.8. The molecule has 2 N–H and O–H groups in total. The number of unbranched alkanes of at least 4 members (excludes halogenated alkanes) is 1. The van der Waals surface area contributed by atoms with E-state index in [1.165, 1.54) is 9.80 Å². The van der Waals surface area contributed by atoms with Gasteiger partial charge in [0.1, 0.15) is 0 Å². The average Bonchev–Trinajstić information content (AvgIpc) is 2.49. The van der Waals surface area contributed by atoms with E-state index in [0.717, 1.165) is 0 Å². The number of hydrogen-bond acceptors (Lipinski definition) is 6. The van der Waals surface area contributed by atoms with Gasteiger partial charge in [-0.05, 0) is 12.8 Å². The largest absolute Gasteiger partial charge is 0.340 e. The van der Waals surface area contributed by atoms with E-state index in [0.29, 0.717) is 25.9 Å². The van der Waals surface area contributed by atoms with Crippen molar-refractivity contribution >= 4 is 35.3 Å². The fourth-order valence-corrected chi connectivity index (χ4v) is 2.07. The molecule has 0 saturated carbocycles. The molecule has 0 aliphatic rings. The third-order valence-corrected chi connectivity index (χ3v) is 3.01. The van der Waals surface area contributed by atoms with Crippen molar-refractivity contribution in [2.24, 2.45) is 10.6 Å². The molecule has 0 bridgehead atoms. The molecule has 0 radical (unpaired) electrons. The number of urea groups is 2. The zero-order valence-corrected chi connectivity index (χ0v) is 13.3. The smallest absolute Gasteiger partial charge is 0.322 e. The first kappa shape index (κ1) is 20.3. The molecule has 0 heterocycles. The number of carbonyl (C=O) groups excluding carboxylic acids is 2. The van der Waals surface area contributed by atoms with Crippen LogP contribution in [0.1, 0.15) is 12.8 Å². The molecule has 0 rings (SSSR count). The quantitative estimate of drug-likeness (QED) is 0.252. The Kier molecular flexibility index (Phi) is 12.0. The number of hydrogen-bond donors (Lipinski definition) is 2. The summed E-state index contributed by atoms with van der Waals surface area (Å²) in [5, 5.41) is 4.63. The first-order valence-electron chi connectivity index (χ1n) is 6.47. The number of halogens is 2. The van der Waals surface area contributed by atoms with Gasteiger partial charge >= 0.3 is 12.1 Å². The molecule has 0 aromatic carbocycles. The van der Waals surface area contributed by atoms with Crippen molar-refractivity contribution in [3.63, 3.8) is 0 Å². The van der Waals surface area contributed by atoms with E-state index in [2.05, 4.69) is 10.6 Å². The summed E-state index contributed by atoms with van der Waals surface area (Å²) < 4.78 is 0. The Balaban J connectivity index is 4.22. The summed E-state index contributed by atoms with van der Waals surface area (Å²) in [6.07, 6.45) is 1.12. The summed E-state index contributed by atoms with van der Waals surface area (Å²) >= 11 is 11.2. The normalized spacial score (nSPS) is 9.73. The maximum atomic E-state index is 11.5. The molecule has 126 valence electrons. The summed E-state index contributed by atoms with van der Waals surface area (Å²) in [7, 11) is 0. The van der Waals surface area contributed by atoms with E-state index in [4.69, 9.17) is 23.2 Å². The Morgan fingerprint density at radius 3 is 1.41 bits per heavy atom. The van der Waals surface area contributed by atoms with Gasteiger partial charge in [-0.3, -0.25) is 0 Å². The molecule has 10 nitrogen and oxygen atoms in total. The summed E-state index contributed by atoms with van der Waals surface area (Å²) in [6.45, 7) is 1.22. The SMILES string of the molecule is O=NNC(=O)N(CCCl)CCCCN(CCCl)C(=O)NN=O. The molecule has 0 aromatic heterocycles. The van der Waals surface area contributed by atoms with Gasteiger partial charge in [-0.25, -0.2) is 9.59 Å². The molecule has 0 spiro atoms. The topological polar surface area (TPSA) is 124 Å². The van der Waals surface area contributed by atoms with Crippen LogP contribution in [0.25, 0.3) is 0 Å². The maximum Gasteiger partial charge on any atom is 0.340 e. The fourth-order valence-electron chi connectivity index (χ4n) is 1.66. The van der Waals surface area contributed by atoms with Crippen LogP contribution in [-0.4, -0.2) is 59.8 Å². The molecule has 0 saturated heterocycles. The lowest BCUT2D eigenvalue weighted by Crippen LogP contribution is -2.41. The molecule has 0 aliphatic carbocycles. The van der Waals surface area contributed by atoms with Gasteiger partial charge in [0.05, 0.1) is 10.6 Å². The van der Waals surface area contributed by atoms with E-state index < -0.39 is 12.1 Å². The van der Waals surface area contributed by atoms with Crippen molar-refractivity contribution in [1.29, 1.82) is 0 Å². The number of alkyl halides is 2. The lowest BCUT2D eigenvalue weighted by molar-refractivity contribution is 0.192. The Labute approximate surface area is 137 Å². The van der Waals surface area contributed by atoms with Crippen LogP contribution >= 0.6 is 23.2 Å². The van der Waals surface area contributed by atoms with Crippen LogP contribution in [0, 0.1) is 9.81 Å². The Hall–Kier alpha value is -1.68. The van der Waals surface area contributed by atoms with Gasteiger partial charge in [0, 0.05) is 37.9 Å².